The standard InChI is InChI=1S/C23H28F2N6O2S2/c1-31-17(9-15(30-31)19(24)25)28-23(34)27-13-6-7-16-14(8-13)18(21(33)26-10-11-2-3-11)22(35-16)29-20(32)12-4-5-12/h9,11-13,19H,2-8,10H2,1H3,(H,26,33)(H,29,32)(H2,27,28,34)/t13-/m0/s1. The lowest BCUT2D eigenvalue weighted by Crippen LogP contribution is -2.41. The van der Waals surface area contributed by atoms with Crippen LogP contribution in [0.25, 0.3) is 0 Å². The van der Waals surface area contributed by atoms with Gasteiger partial charge in [0.2, 0.25) is 5.91 Å². The van der Waals surface area contributed by atoms with Crippen LogP contribution in [0.4, 0.5) is 19.6 Å². The summed E-state index contributed by atoms with van der Waals surface area (Å²) in [7, 11) is 1.57. The molecule has 0 bridgehead atoms. The molecule has 1 atom stereocenters. The van der Waals surface area contributed by atoms with Gasteiger partial charge in [-0.15, -0.1) is 11.3 Å². The molecule has 2 heterocycles. The second-order valence-corrected chi connectivity index (χ2v) is 11.1. The Morgan fingerprint density at radius 1 is 1.23 bits per heavy atom. The summed E-state index contributed by atoms with van der Waals surface area (Å²) in [6, 6.07) is 1.23. The van der Waals surface area contributed by atoms with Gasteiger partial charge in [-0.3, -0.25) is 14.3 Å². The van der Waals surface area contributed by atoms with E-state index in [1.54, 1.807) is 7.05 Å². The van der Waals surface area contributed by atoms with Gasteiger partial charge in [-0.2, -0.15) is 5.10 Å². The molecule has 0 spiro atoms. The molecule has 35 heavy (non-hydrogen) atoms. The van der Waals surface area contributed by atoms with Crippen molar-refractivity contribution < 1.29 is 18.4 Å². The van der Waals surface area contributed by atoms with Crippen molar-refractivity contribution in [1.82, 2.24) is 20.4 Å². The van der Waals surface area contributed by atoms with E-state index in [0.29, 0.717) is 40.4 Å². The largest absolute Gasteiger partial charge is 0.359 e. The predicted octanol–water partition coefficient (Wildman–Crippen LogP) is 3.75. The molecule has 3 aliphatic rings. The highest BCUT2D eigenvalue weighted by Crippen LogP contribution is 2.40. The van der Waals surface area contributed by atoms with Crippen molar-refractivity contribution in [2.75, 3.05) is 17.2 Å². The van der Waals surface area contributed by atoms with Crippen LogP contribution in [0, 0.1) is 11.8 Å². The number of halogens is 2. The first-order valence-corrected chi connectivity index (χ1v) is 13.1. The molecule has 0 unspecified atom stereocenters. The Kier molecular flexibility index (Phi) is 6.75. The monoisotopic (exact) mass is 522 g/mol. The molecule has 12 heteroatoms. The van der Waals surface area contributed by atoms with Crippen LogP contribution in [-0.2, 0) is 24.7 Å². The number of carbonyl (C=O) groups excluding carboxylic acids is 2. The van der Waals surface area contributed by atoms with Crippen LogP contribution < -0.4 is 21.3 Å². The maximum atomic E-state index is 13.2. The van der Waals surface area contributed by atoms with E-state index in [-0.39, 0.29) is 29.5 Å². The second kappa shape index (κ2) is 9.81. The number of thiophene rings is 1. The van der Waals surface area contributed by atoms with Crippen LogP contribution in [0.5, 0.6) is 0 Å². The molecule has 2 fully saturated rings. The SMILES string of the molecule is Cn1nc(C(F)F)cc1NC(=S)N[C@H]1CCc2sc(NC(=O)C3CC3)c(C(=O)NCC3CC3)c2C1. The number of anilines is 2. The van der Waals surface area contributed by atoms with Gasteiger partial charge in [0.1, 0.15) is 16.5 Å². The Morgan fingerprint density at radius 2 is 2.00 bits per heavy atom. The summed E-state index contributed by atoms with van der Waals surface area (Å²) in [4.78, 5) is 26.8. The summed E-state index contributed by atoms with van der Waals surface area (Å²) < 4.78 is 27.2. The Balaban J connectivity index is 1.29. The number of hydrogen-bond acceptors (Lipinski definition) is 5. The van der Waals surface area contributed by atoms with E-state index >= 15 is 0 Å². The number of aryl methyl sites for hydroxylation is 2. The zero-order chi connectivity index (χ0) is 24.7. The highest BCUT2D eigenvalue weighted by molar-refractivity contribution is 7.80. The normalized spacial score (nSPS) is 19.3. The van der Waals surface area contributed by atoms with Crippen molar-refractivity contribution in [3.63, 3.8) is 0 Å². The number of carbonyl (C=O) groups is 2. The van der Waals surface area contributed by atoms with Crippen molar-refractivity contribution in [3.8, 4) is 0 Å². The fraction of sp³-hybridized carbons (Fsp3) is 0.565. The van der Waals surface area contributed by atoms with E-state index < -0.39 is 6.43 Å². The molecular formula is C23H28F2N6O2S2. The highest BCUT2D eigenvalue weighted by Gasteiger charge is 2.34. The quantitative estimate of drug-likeness (QED) is 0.394. The highest BCUT2D eigenvalue weighted by atomic mass is 32.1. The van der Waals surface area contributed by atoms with Gasteiger partial charge in [0.25, 0.3) is 12.3 Å². The van der Waals surface area contributed by atoms with E-state index in [4.69, 9.17) is 12.2 Å². The lowest BCUT2D eigenvalue weighted by molar-refractivity contribution is -0.117. The molecule has 3 aliphatic carbocycles. The molecule has 0 aliphatic heterocycles. The van der Waals surface area contributed by atoms with Crippen LogP contribution in [0.2, 0.25) is 0 Å². The van der Waals surface area contributed by atoms with Gasteiger partial charge in [-0.05, 0) is 68.6 Å². The molecule has 2 saturated carbocycles. The van der Waals surface area contributed by atoms with Gasteiger partial charge in [-0.25, -0.2) is 8.78 Å². The first-order valence-electron chi connectivity index (χ1n) is 11.9. The van der Waals surface area contributed by atoms with E-state index in [1.165, 1.54) is 22.1 Å². The summed E-state index contributed by atoms with van der Waals surface area (Å²) in [5, 5.41) is 17.0. The molecule has 5 rings (SSSR count). The topological polar surface area (TPSA) is 100 Å². The van der Waals surface area contributed by atoms with Crippen LogP contribution >= 0.6 is 23.6 Å². The van der Waals surface area contributed by atoms with Crippen molar-refractivity contribution in [3.05, 3.63) is 27.8 Å². The van der Waals surface area contributed by atoms with Crippen LogP contribution in [0.15, 0.2) is 6.07 Å². The molecule has 0 radical (unpaired) electrons. The number of nitrogens with zero attached hydrogens (tertiary/aromatic N) is 2. The average molecular weight is 523 g/mol. The van der Waals surface area contributed by atoms with E-state index in [9.17, 15) is 18.4 Å². The van der Waals surface area contributed by atoms with E-state index in [0.717, 1.165) is 49.0 Å². The number of nitrogens with one attached hydrogen (secondary N) is 4. The van der Waals surface area contributed by atoms with E-state index in [1.807, 2.05) is 0 Å². The number of alkyl halides is 2. The predicted molar refractivity (Wildman–Crippen MR) is 134 cm³/mol. The minimum atomic E-state index is -2.66. The molecule has 4 N–H and O–H groups in total. The van der Waals surface area contributed by atoms with Crippen molar-refractivity contribution >= 4 is 51.3 Å². The van der Waals surface area contributed by atoms with Gasteiger partial charge in [0.15, 0.2) is 5.11 Å². The lowest BCUT2D eigenvalue weighted by Gasteiger charge is -2.25. The number of aromatic nitrogens is 2. The number of fused-ring (bicyclic) bond motifs is 1. The number of amides is 2. The van der Waals surface area contributed by atoms with Gasteiger partial charge < -0.3 is 21.3 Å². The molecule has 188 valence electrons. The Labute approximate surface area is 211 Å². The fourth-order valence-electron chi connectivity index (χ4n) is 4.29. The van der Waals surface area contributed by atoms with Gasteiger partial charge in [0, 0.05) is 36.5 Å². The van der Waals surface area contributed by atoms with Crippen molar-refractivity contribution in [2.24, 2.45) is 18.9 Å². The molecular weight excluding hydrogens is 494 g/mol. The zero-order valence-corrected chi connectivity index (χ0v) is 21.0. The summed E-state index contributed by atoms with van der Waals surface area (Å²) >= 11 is 6.92. The Morgan fingerprint density at radius 3 is 2.66 bits per heavy atom. The minimum Gasteiger partial charge on any atom is -0.359 e. The van der Waals surface area contributed by atoms with Crippen LogP contribution in [-0.4, -0.2) is 39.3 Å². The maximum absolute atomic E-state index is 13.2. The summed E-state index contributed by atoms with van der Waals surface area (Å²) in [6.45, 7) is 0.653. The zero-order valence-electron chi connectivity index (χ0n) is 19.3. The van der Waals surface area contributed by atoms with E-state index in [2.05, 4.69) is 26.4 Å². The number of thiocarbonyl (C=S) groups is 1. The summed E-state index contributed by atoms with van der Waals surface area (Å²) in [6.07, 6.45) is 3.53. The van der Waals surface area contributed by atoms with Crippen LogP contribution in [0.3, 0.4) is 0 Å². The van der Waals surface area contributed by atoms with Crippen LogP contribution in [0.1, 0.15) is 65.0 Å². The van der Waals surface area contributed by atoms with Gasteiger partial charge in [0.05, 0.1) is 5.56 Å². The Hall–Kier alpha value is -2.60. The molecule has 0 saturated heterocycles. The third-order valence-corrected chi connectivity index (χ3v) is 8.05. The third kappa shape index (κ3) is 5.64. The smallest absolute Gasteiger partial charge is 0.282 e. The molecule has 2 amide bonds. The fourth-order valence-corrected chi connectivity index (χ4v) is 5.81. The minimum absolute atomic E-state index is 0.0146. The molecule has 2 aromatic rings. The number of rotatable bonds is 8. The second-order valence-electron chi connectivity index (χ2n) is 9.54. The molecule has 2 aromatic heterocycles. The van der Waals surface area contributed by atoms with Gasteiger partial charge >= 0.3 is 0 Å². The maximum Gasteiger partial charge on any atom is 0.282 e. The lowest BCUT2D eigenvalue weighted by atomic mass is 9.91. The Bertz CT molecular complexity index is 1160. The summed E-state index contributed by atoms with van der Waals surface area (Å²) in [5.74, 6) is 0.811. The number of hydrogen-bond donors (Lipinski definition) is 4. The molecule has 0 aromatic carbocycles. The summed E-state index contributed by atoms with van der Waals surface area (Å²) in [5.41, 5.74) is 1.20. The van der Waals surface area contributed by atoms with Crippen molar-refractivity contribution in [2.45, 2.75) is 57.4 Å². The first-order chi connectivity index (χ1) is 16.8. The molecule has 8 nitrogen and oxygen atoms in total. The van der Waals surface area contributed by atoms with Gasteiger partial charge in [-0.1, -0.05) is 0 Å². The average Bonchev–Trinajstić information content (AvgIpc) is 3.73. The van der Waals surface area contributed by atoms with Crippen molar-refractivity contribution in [1.29, 1.82) is 0 Å². The first kappa shape index (κ1) is 24.1. The third-order valence-electron chi connectivity index (χ3n) is 6.62.